The molecule has 0 saturated heterocycles. The van der Waals surface area contributed by atoms with Gasteiger partial charge in [0.1, 0.15) is 5.75 Å². The molecule has 1 aliphatic heterocycles. The molecule has 0 aliphatic carbocycles. The van der Waals surface area contributed by atoms with Crippen LogP contribution in [0.2, 0.25) is 0 Å². The van der Waals surface area contributed by atoms with Crippen LogP contribution in [0.25, 0.3) is 0 Å². The zero-order chi connectivity index (χ0) is 21.4. The second-order valence-electron chi connectivity index (χ2n) is 6.53. The van der Waals surface area contributed by atoms with E-state index in [1.54, 1.807) is 24.3 Å². The number of aromatic hydroxyl groups is 1. The number of benzene rings is 3. The molecule has 0 radical (unpaired) electrons. The van der Waals surface area contributed by atoms with Gasteiger partial charge >= 0.3 is 5.97 Å². The molecule has 3 amide bonds. The van der Waals surface area contributed by atoms with Crippen molar-refractivity contribution in [3.63, 3.8) is 0 Å². The van der Waals surface area contributed by atoms with E-state index in [2.05, 4.69) is 5.32 Å². The van der Waals surface area contributed by atoms with Crippen molar-refractivity contribution in [3.05, 3.63) is 89.0 Å². The topological polar surface area (TPSA) is 124 Å². The maximum atomic E-state index is 12.5. The summed E-state index contributed by atoms with van der Waals surface area (Å²) in [5.41, 5.74) is 0.907. The van der Waals surface area contributed by atoms with Gasteiger partial charge in [-0.25, -0.2) is 9.69 Å². The molecule has 1 aliphatic rings. The number of phenolic OH excluding ortho intramolecular Hbond substituents is 1. The minimum Gasteiger partial charge on any atom is -0.508 e. The van der Waals surface area contributed by atoms with Crippen molar-refractivity contribution in [1.29, 1.82) is 0 Å². The lowest BCUT2D eigenvalue weighted by atomic mass is 10.1. The summed E-state index contributed by atoms with van der Waals surface area (Å²) in [5.74, 6) is -3.01. The van der Waals surface area contributed by atoms with Crippen LogP contribution < -0.4 is 10.2 Å². The molecule has 0 aromatic heterocycles. The number of hydrogen-bond donors (Lipinski definition) is 3. The number of amides is 3. The van der Waals surface area contributed by atoms with Gasteiger partial charge in [-0.15, -0.1) is 0 Å². The maximum Gasteiger partial charge on any atom is 0.337 e. The number of carboxylic acid groups (broad SMARTS) is 1. The number of fused-ring (bicyclic) bond motifs is 1. The number of carboxylic acids is 1. The number of imide groups is 1. The third-order valence-electron chi connectivity index (χ3n) is 4.66. The molecule has 0 atom stereocenters. The fraction of sp³-hybridized carbons (Fsp3) is 0. The molecule has 0 spiro atoms. The Morgan fingerprint density at radius 1 is 0.833 bits per heavy atom. The highest BCUT2D eigenvalue weighted by molar-refractivity contribution is 6.34. The number of rotatable bonds is 4. The van der Waals surface area contributed by atoms with E-state index in [0.29, 0.717) is 16.8 Å². The van der Waals surface area contributed by atoms with Crippen molar-refractivity contribution in [1.82, 2.24) is 0 Å². The van der Waals surface area contributed by atoms with E-state index in [1.165, 1.54) is 36.4 Å². The van der Waals surface area contributed by atoms with Gasteiger partial charge in [0.15, 0.2) is 0 Å². The largest absolute Gasteiger partial charge is 0.508 e. The third-order valence-corrected chi connectivity index (χ3v) is 4.66. The zero-order valence-corrected chi connectivity index (χ0v) is 15.3. The standard InChI is InChI=1S/C22H14N2O6/c25-14-9-10-18(17(11-14)22(29)30)23-19(26)12-5-7-13(8-6-12)24-20(27)15-3-1-2-4-16(15)21(24)28/h1-11,25H,(H,23,26)(H,29,30). The molecule has 8 nitrogen and oxygen atoms in total. The first kappa shape index (κ1) is 18.9. The summed E-state index contributed by atoms with van der Waals surface area (Å²) in [7, 11) is 0. The highest BCUT2D eigenvalue weighted by Gasteiger charge is 2.36. The number of nitrogens with zero attached hydrogens (tertiary/aromatic N) is 1. The fourth-order valence-corrected chi connectivity index (χ4v) is 3.20. The van der Waals surface area contributed by atoms with Gasteiger partial charge in [-0.05, 0) is 54.6 Å². The summed E-state index contributed by atoms with van der Waals surface area (Å²) in [4.78, 5) is 49.9. The molecule has 4 rings (SSSR count). The van der Waals surface area contributed by atoms with Crippen LogP contribution in [0.4, 0.5) is 11.4 Å². The van der Waals surface area contributed by atoms with Crippen LogP contribution in [0.3, 0.4) is 0 Å². The van der Waals surface area contributed by atoms with Crippen LogP contribution in [0.1, 0.15) is 41.4 Å². The first-order valence-corrected chi connectivity index (χ1v) is 8.82. The van der Waals surface area contributed by atoms with E-state index < -0.39 is 23.7 Å². The number of hydrogen-bond acceptors (Lipinski definition) is 5. The zero-order valence-electron chi connectivity index (χ0n) is 15.3. The highest BCUT2D eigenvalue weighted by Crippen LogP contribution is 2.28. The molecule has 0 unspecified atom stereocenters. The van der Waals surface area contributed by atoms with Crippen LogP contribution in [-0.2, 0) is 0 Å². The van der Waals surface area contributed by atoms with Gasteiger partial charge in [0, 0.05) is 5.56 Å². The molecule has 8 heteroatoms. The van der Waals surface area contributed by atoms with Gasteiger partial charge in [0.25, 0.3) is 17.7 Å². The average Bonchev–Trinajstić information content (AvgIpc) is 3.00. The Hall–Kier alpha value is -4.46. The Bertz CT molecular complexity index is 1180. The number of phenols is 1. The van der Waals surface area contributed by atoms with Gasteiger partial charge in [-0.1, -0.05) is 12.1 Å². The molecule has 0 saturated carbocycles. The number of anilines is 2. The Morgan fingerprint density at radius 2 is 1.43 bits per heavy atom. The monoisotopic (exact) mass is 402 g/mol. The SMILES string of the molecule is O=C(Nc1ccc(O)cc1C(=O)O)c1ccc(N2C(=O)c3ccccc3C2=O)cc1. The lowest BCUT2D eigenvalue weighted by molar-refractivity contribution is 0.0697. The van der Waals surface area contributed by atoms with Crippen molar-refractivity contribution < 1.29 is 29.4 Å². The number of aromatic carboxylic acids is 1. The molecule has 30 heavy (non-hydrogen) atoms. The van der Waals surface area contributed by atoms with Gasteiger partial charge in [0.05, 0.1) is 28.1 Å². The summed E-state index contributed by atoms with van der Waals surface area (Å²) >= 11 is 0. The summed E-state index contributed by atoms with van der Waals surface area (Å²) < 4.78 is 0. The summed E-state index contributed by atoms with van der Waals surface area (Å²) in [5, 5.41) is 21.1. The fourth-order valence-electron chi connectivity index (χ4n) is 3.20. The average molecular weight is 402 g/mol. The number of nitrogens with one attached hydrogen (secondary N) is 1. The Morgan fingerprint density at radius 3 is 2.00 bits per heavy atom. The van der Waals surface area contributed by atoms with Crippen molar-refractivity contribution >= 4 is 35.1 Å². The number of carbonyl (C=O) groups is 4. The van der Waals surface area contributed by atoms with E-state index in [1.807, 2.05) is 0 Å². The predicted octanol–water partition coefficient (Wildman–Crippen LogP) is 3.14. The van der Waals surface area contributed by atoms with Crippen LogP contribution in [0, 0.1) is 0 Å². The minimum absolute atomic E-state index is 0.0229. The smallest absolute Gasteiger partial charge is 0.337 e. The van der Waals surface area contributed by atoms with E-state index in [9.17, 15) is 29.4 Å². The highest BCUT2D eigenvalue weighted by atomic mass is 16.4. The summed E-state index contributed by atoms with van der Waals surface area (Å²) in [6.07, 6.45) is 0. The van der Waals surface area contributed by atoms with Crippen molar-refractivity contribution in [2.45, 2.75) is 0 Å². The van der Waals surface area contributed by atoms with Crippen LogP contribution in [0.5, 0.6) is 5.75 Å². The first-order chi connectivity index (χ1) is 14.4. The molecule has 3 N–H and O–H groups in total. The van der Waals surface area contributed by atoms with Gasteiger partial charge in [-0.2, -0.15) is 0 Å². The lowest BCUT2D eigenvalue weighted by Gasteiger charge is -2.14. The van der Waals surface area contributed by atoms with Crippen molar-refractivity contribution in [3.8, 4) is 5.75 Å². The molecule has 1 heterocycles. The molecule has 0 fully saturated rings. The first-order valence-electron chi connectivity index (χ1n) is 8.82. The summed E-state index contributed by atoms with van der Waals surface area (Å²) in [6.45, 7) is 0. The molecular formula is C22H14N2O6. The third kappa shape index (κ3) is 3.16. The Balaban J connectivity index is 1.57. The molecule has 3 aromatic rings. The van der Waals surface area contributed by atoms with E-state index in [0.717, 1.165) is 11.0 Å². The van der Waals surface area contributed by atoms with E-state index in [4.69, 9.17) is 0 Å². The molecule has 0 bridgehead atoms. The van der Waals surface area contributed by atoms with Gasteiger partial charge in [0.2, 0.25) is 0 Å². The van der Waals surface area contributed by atoms with Crippen LogP contribution in [-0.4, -0.2) is 33.9 Å². The Kier molecular flexibility index (Phi) is 4.51. The van der Waals surface area contributed by atoms with E-state index >= 15 is 0 Å². The molecular weight excluding hydrogens is 388 g/mol. The number of carbonyl (C=O) groups excluding carboxylic acids is 3. The second kappa shape index (κ2) is 7.17. The Labute approximate surface area is 170 Å². The van der Waals surface area contributed by atoms with Crippen molar-refractivity contribution in [2.24, 2.45) is 0 Å². The molecule has 3 aromatic carbocycles. The molecule has 148 valence electrons. The van der Waals surface area contributed by atoms with Crippen molar-refractivity contribution in [2.75, 3.05) is 10.2 Å². The predicted molar refractivity (Wildman–Crippen MR) is 107 cm³/mol. The second-order valence-corrected chi connectivity index (χ2v) is 6.53. The van der Waals surface area contributed by atoms with E-state index in [-0.39, 0.29) is 22.6 Å². The van der Waals surface area contributed by atoms with Gasteiger partial charge < -0.3 is 15.5 Å². The van der Waals surface area contributed by atoms with Crippen LogP contribution in [0.15, 0.2) is 66.7 Å². The maximum absolute atomic E-state index is 12.5. The quantitative estimate of drug-likeness (QED) is 0.455. The lowest BCUT2D eigenvalue weighted by Crippen LogP contribution is -2.29. The summed E-state index contributed by atoms with van der Waals surface area (Å²) in [6, 6.07) is 15.9. The van der Waals surface area contributed by atoms with Gasteiger partial charge in [-0.3, -0.25) is 14.4 Å². The normalized spacial score (nSPS) is 12.6. The van der Waals surface area contributed by atoms with Crippen LogP contribution >= 0.6 is 0 Å². The minimum atomic E-state index is -1.30.